The lowest BCUT2D eigenvalue weighted by Gasteiger charge is -2.21. The Hall–Kier alpha value is -2.01. The number of nitrogens with zero attached hydrogens (tertiary/aromatic N) is 2. The van der Waals surface area contributed by atoms with Crippen LogP contribution in [0.5, 0.6) is 5.75 Å². The smallest absolute Gasteiger partial charge is 0.263 e. The van der Waals surface area contributed by atoms with E-state index in [-0.39, 0.29) is 5.91 Å². The third-order valence-corrected chi connectivity index (χ3v) is 4.12. The second-order valence-corrected chi connectivity index (χ2v) is 6.44. The number of aromatic amines is 1. The van der Waals surface area contributed by atoms with Gasteiger partial charge in [0.25, 0.3) is 5.91 Å². The van der Waals surface area contributed by atoms with E-state index >= 15 is 0 Å². The minimum atomic E-state index is -0.579. The molecule has 1 aliphatic rings. The van der Waals surface area contributed by atoms with Crippen LogP contribution >= 0.6 is 11.6 Å². The minimum absolute atomic E-state index is 0.0902. The highest BCUT2D eigenvalue weighted by atomic mass is 35.5. The highest BCUT2D eigenvalue weighted by Crippen LogP contribution is 2.39. The lowest BCUT2D eigenvalue weighted by atomic mass is 10.2. The average molecular weight is 334 g/mol. The summed E-state index contributed by atoms with van der Waals surface area (Å²) in [5.74, 6) is 1.10. The van der Waals surface area contributed by atoms with Crippen molar-refractivity contribution in [3.05, 3.63) is 46.7 Å². The number of rotatable bonds is 6. The van der Waals surface area contributed by atoms with Crippen LogP contribution < -0.4 is 4.74 Å². The molecule has 3 rings (SSSR count). The molecule has 0 bridgehead atoms. The van der Waals surface area contributed by atoms with E-state index in [2.05, 4.69) is 10.2 Å². The summed E-state index contributed by atoms with van der Waals surface area (Å²) in [5.41, 5.74) is 2.04. The quantitative estimate of drug-likeness (QED) is 0.881. The van der Waals surface area contributed by atoms with Gasteiger partial charge < -0.3 is 9.64 Å². The highest BCUT2D eigenvalue weighted by Gasteiger charge is 2.26. The lowest BCUT2D eigenvalue weighted by molar-refractivity contribution is -0.137. The number of ether oxygens (including phenoxy) is 1. The van der Waals surface area contributed by atoms with Crippen LogP contribution in [-0.4, -0.2) is 34.2 Å². The summed E-state index contributed by atoms with van der Waals surface area (Å²) in [5, 5.41) is 7.89. The third-order valence-electron chi connectivity index (χ3n) is 3.89. The maximum absolute atomic E-state index is 12.4. The number of hydrogen-bond donors (Lipinski definition) is 1. The first-order valence-corrected chi connectivity index (χ1v) is 8.12. The fourth-order valence-electron chi connectivity index (χ4n) is 2.49. The van der Waals surface area contributed by atoms with Gasteiger partial charge in [0.2, 0.25) is 0 Å². The Morgan fingerprint density at radius 1 is 1.48 bits per heavy atom. The van der Waals surface area contributed by atoms with Crippen LogP contribution in [0.15, 0.2) is 30.3 Å². The molecule has 1 aliphatic carbocycles. The van der Waals surface area contributed by atoms with Crippen molar-refractivity contribution in [3.63, 3.8) is 0 Å². The molecule has 122 valence electrons. The molecule has 1 heterocycles. The summed E-state index contributed by atoms with van der Waals surface area (Å²) in [6.45, 7) is 2.23. The largest absolute Gasteiger partial charge is 0.481 e. The second-order valence-electron chi connectivity index (χ2n) is 6.00. The highest BCUT2D eigenvalue weighted by molar-refractivity contribution is 6.30. The molecule has 1 aromatic heterocycles. The summed E-state index contributed by atoms with van der Waals surface area (Å²) in [6.07, 6.45) is 1.84. The molecule has 0 radical (unpaired) electrons. The second kappa shape index (κ2) is 6.62. The number of nitrogens with one attached hydrogen (secondary N) is 1. The number of hydrogen-bond acceptors (Lipinski definition) is 3. The van der Waals surface area contributed by atoms with E-state index in [1.165, 1.54) is 12.8 Å². The molecule has 1 aromatic carbocycles. The molecule has 1 N–H and O–H groups in total. The predicted molar refractivity (Wildman–Crippen MR) is 88.6 cm³/mol. The van der Waals surface area contributed by atoms with Crippen molar-refractivity contribution in [2.75, 3.05) is 7.05 Å². The van der Waals surface area contributed by atoms with Gasteiger partial charge in [-0.1, -0.05) is 17.7 Å². The van der Waals surface area contributed by atoms with Gasteiger partial charge in [-0.2, -0.15) is 5.10 Å². The van der Waals surface area contributed by atoms with E-state index in [1.807, 2.05) is 6.07 Å². The maximum atomic E-state index is 12.4. The molecule has 5 nitrogen and oxygen atoms in total. The average Bonchev–Trinajstić information content (AvgIpc) is 3.27. The van der Waals surface area contributed by atoms with Crippen LogP contribution in [-0.2, 0) is 11.3 Å². The fourth-order valence-corrected chi connectivity index (χ4v) is 2.67. The number of carbonyl (C=O) groups excluding carboxylic acids is 1. The van der Waals surface area contributed by atoms with Crippen LogP contribution in [0.25, 0.3) is 0 Å². The van der Waals surface area contributed by atoms with Gasteiger partial charge in [-0.25, -0.2) is 0 Å². The number of amides is 1. The molecule has 0 aliphatic heterocycles. The minimum Gasteiger partial charge on any atom is -0.481 e. The Kier molecular flexibility index (Phi) is 4.57. The summed E-state index contributed by atoms with van der Waals surface area (Å²) >= 11 is 5.92. The van der Waals surface area contributed by atoms with Gasteiger partial charge in [-0.15, -0.1) is 0 Å². The first kappa shape index (κ1) is 15.9. The Morgan fingerprint density at radius 2 is 2.26 bits per heavy atom. The normalized spacial score (nSPS) is 15.3. The molecule has 1 atom stereocenters. The Morgan fingerprint density at radius 3 is 2.96 bits per heavy atom. The molecule has 1 fully saturated rings. The molecule has 23 heavy (non-hydrogen) atoms. The zero-order valence-electron chi connectivity index (χ0n) is 13.3. The third kappa shape index (κ3) is 4.05. The fraction of sp³-hybridized carbons (Fsp3) is 0.412. The number of carbonyl (C=O) groups is 1. The van der Waals surface area contributed by atoms with Crippen LogP contribution in [0.3, 0.4) is 0 Å². The van der Waals surface area contributed by atoms with Gasteiger partial charge in [0.05, 0.1) is 17.9 Å². The van der Waals surface area contributed by atoms with Crippen molar-refractivity contribution >= 4 is 17.5 Å². The number of aromatic nitrogens is 2. The Bertz CT molecular complexity index is 697. The molecule has 6 heteroatoms. The number of H-pyrrole nitrogens is 1. The zero-order chi connectivity index (χ0) is 16.4. The predicted octanol–water partition coefficient (Wildman–Crippen LogP) is 3.37. The molecule has 0 spiro atoms. The van der Waals surface area contributed by atoms with Crippen molar-refractivity contribution in [3.8, 4) is 5.75 Å². The number of likely N-dealkylation sites (N-methyl/N-ethyl adjacent to an activating group) is 1. The van der Waals surface area contributed by atoms with E-state index in [0.717, 1.165) is 11.4 Å². The first-order chi connectivity index (χ1) is 11.0. The van der Waals surface area contributed by atoms with E-state index in [9.17, 15) is 4.79 Å². The Balaban J connectivity index is 1.57. The standard InChI is InChI=1S/C17H20ClN3O2/c1-11(23-15-5-3-4-13(18)8-15)17(22)21(2)10-14-9-16(20-19-14)12-6-7-12/h3-5,8-9,11-12H,6-7,10H2,1-2H3,(H,19,20)/t11-/m1/s1. The molecule has 2 aromatic rings. The van der Waals surface area contributed by atoms with Crippen LogP contribution in [0.2, 0.25) is 5.02 Å². The van der Waals surface area contributed by atoms with Gasteiger partial charge in [0.15, 0.2) is 6.10 Å². The summed E-state index contributed by atoms with van der Waals surface area (Å²) < 4.78 is 5.67. The van der Waals surface area contributed by atoms with Gasteiger partial charge in [-0.3, -0.25) is 9.89 Å². The van der Waals surface area contributed by atoms with Crippen molar-refractivity contribution in [1.29, 1.82) is 0 Å². The Labute approximate surface area is 140 Å². The topological polar surface area (TPSA) is 58.2 Å². The SMILES string of the molecule is C[C@@H](Oc1cccc(Cl)c1)C(=O)N(C)Cc1cc(C2CC2)n[nH]1. The summed E-state index contributed by atoms with van der Waals surface area (Å²) in [6, 6.07) is 9.09. The monoisotopic (exact) mass is 333 g/mol. The first-order valence-electron chi connectivity index (χ1n) is 7.74. The van der Waals surface area contributed by atoms with Gasteiger partial charge in [0, 0.05) is 18.0 Å². The molecule has 0 unspecified atom stereocenters. The van der Waals surface area contributed by atoms with Crippen LogP contribution in [0, 0.1) is 0 Å². The van der Waals surface area contributed by atoms with E-state index in [4.69, 9.17) is 16.3 Å². The van der Waals surface area contributed by atoms with Gasteiger partial charge in [0.1, 0.15) is 5.75 Å². The van der Waals surface area contributed by atoms with E-state index in [1.54, 1.807) is 43.1 Å². The van der Waals surface area contributed by atoms with E-state index in [0.29, 0.717) is 23.2 Å². The lowest BCUT2D eigenvalue weighted by Crippen LogP contribution is -2.37. The molecule has 1 saturated carbocycles. The van der Waals surface area contributed by atoms with Crippen molar-refractivity contribution in [1.82, 2.24) is 15.1 Å². The molecular formula is C17H20ClN3O2. The zero-order valence-corrected chi connectivity index (χ0v) is 14.0. The van der Waals surface area contributed by atoms with Gasteiger partial charge in [-0.05, 0) is 44.0 Å². The maximum Gasteiger partial charge on any atom is 0.263 e. The van der Waals surface area contributed by atoms with Crippen molar-refractivity contribution in [2.45, 2.75) is 38.3 Å². The van der Waals surface area contributed by atoms with Crippen LogP contribution in [0.4, 0.5) is 0 Å². The number of benzene rings is 1. The van der Waals surface area contributed by atoms with Crippen molar-refractivity contribution in [2.24, 2.45) is 0 Å². The van der Waals surface area contributed by atoms with Crippen molar-refractivity contribution < 1.29 is 9.53 Å². The molecular weight excluding hydrogens is 314 g/mol. The summed E-state index contributed by atoms with van der Waals surface area (Å²) in [7, 11) is 1.76. The number of halogens is 1. The molecule has 1 amide bonds. The van der Waals surface area contributed by atoms with Gasteiger partial charge >= 0.3 is 0 Å². The van der Waals surface area contributed by atoms with E-state index < -0.39 is 6.10 Å². The molecule has 0 saturated heterocycles. The van der Waals surface area contributed by atoms with Crippen LogP contribution in [0.1, 0.15) is 37.1 Å². The summed E-state index contributed by atoms with van der Waals surface area (Å²) in [4.78, 5) is 14.1.